The molecule has 104 valence electrons. The largest absolute Gasteiger partial charge is 0.327 e. The van der Waals surface area contributed by atoms with Crippen molar-refractivity contribution in [3.8, 4) is 0 Å². The standard InChI is InChI=1S/C15H29N3/c1-3-4-5-6-7-8-9-10-14(16)13-15-11-12-18(2)17-15/h11-12,14H,3-10,13,16H2,1-2H3. The molecule has 2 N–H and O–H groups in total. The van der Waals surface area contributed by atoms with Crippen molar-refractivity contribution in [1.29, 1.82) is 0 Å². The van der Waals surface area contributed by atoms with E-state index >= 15 is 0 Å². The zero-order valence-corrected chi connectivity index (χ0v) is 12.1. The van der Waals surface area contributed by atoms with Gasteiger partial charge in [0, 0.05) is 25.7 Å². The number of rotatable bonds is 10. The normalized spacial score (nSPS) is 12.8. The molecule has 0 radical (unpaired) electrons. The number of aryl methyl sites for hydroxylation is 1. The van der Waals surface area contributed by atoms with E-state index in [1.165, 1.54) is 44.9 Å². The molecule has 0 aromatic carbocycles. The average Bonchev–Trinajstić information content (AvgIpc) is 2.73. The van der Waals surface area contributed by atoms with Crippen LogP contribution in [-0.4, -0.2) is 15.8 Å². The van der Waals surface area contributed by atoms with E-state index in [0.29, 0.717) is 0 Å². The topological polar surface area (TPSA) is 43.8 Å². The molecular weight excluding hydrogens is 222 g/mol. The Bertz CT molecular complexity index is 306. The molecular formula is C15H29N3. The summed E-state index contributed by atoms with van der Waals surface area (Å²) in [4.78, 5) is 0. The summed E-state index contributed by atoms with van der Waals surface area (Å²) in [6, 6.07) is 2.33. The highest BCUT2D eigenvalue weighted by Crippen LogP contribution is 2.10. The fourth-order valence-electron chi connectivity index (χ4n) is 2.31. The molecule has 3 nitrogen and oxygen atoms in total. The lowest BCUT2D eigenvalue weighted by Gasteiger charge is -2.09. The average molecular weight is 251 g/mol. The summed E-state index contributed by atoms with van der Waals surface area (Å²) in [5.74, 6) is 0. The number of nitrogens with zero attached hydrogens (tertiary/aromatic N) is 2. The van der Waals surface area contributed by atoms with E-state index in [-0.39, 0.29) is 6.04 Å². The molecule has 18 heavy (non-hydrogen) atoms. The van der Waals surface area contributed by atoms with Crippen molar-refractivity contribution in [3.63, 3.8) is 0 Å². The van der Waals surface area contributed by atoms with E-state index in [2.05, 4.69) is 18.1 Å². The fraction of sp³-hybridized carbons (Fsp3) is 0.800. The second-order valence-electron chi connectivity index (χ2n) is 5.35. The lowest BCUT2D eigenvalue weighted by molar-refractivity contribution is 0.523. The van der Waals surface area contributed by atoms with Crippen LogP contribution in [0.5, 0.6) is 0 Å². The van der Waals surface area contributed by atoms with Crippen molar-refractivity contribution < 1.29 is 0 Å². The van der Waals surface area contributed by atoms with Crippen LogP contribution in [-0.2, 0) is 13.5 Å². The number of hydrogen-bond donors (Lipinski definition) is 1. The fourth-order valence-corrected chi connectivity index (χ4v) is 2.31. The summed E-state index contributed by atoms with van der Waals surface area (Å²) in [5, 5.41) is 4.37. The number of unbranched alkanes of at least 4 members (excludes halogenated alkanes) is 6. The molecule has 0 bridgehead atoms. The molecule has 1 rings (SSSR count). The third-order valence-electron chi connectivity index (χ3n) is 3.42. The highest BCUT2D eigenvalue weighted by Gasteiger charge is 2.05. The van der Waals surface area contributed by atoms with E-state index in [1.807, 2.05) is 17.9 Å². The van der Waals surface area contributed by atoms with Gasteiger partial charge in [-0.25, -0.2) is 0 Å². The van der Waals surface area contributed by atoms with Gasteiger partial charge in [0.15, 0.2) is 0 Å². The third-order valence-corrected chi connectivity index (χ3v) is 3.42. The summed E-state index contributed by atoms with van der Waals surface area (Å²) in [7, 11) is 1.95. The SMILES string of the molecule is CCCCCCCCCC(N)Cc1ccn(C)n1. The molecule has 1 unspecified atom stereocenters. The number of hydrogen-bond acceptors (Lipinski definition) is 2. The molecule has 0 aliphatic rings. The summed E-state index contributed by atoms with van der Waals surface area (Å²) in [6.45, 7) is 2.26. The van der Waals surface area contributed by atoms with Gasteiger partial charge in [-0.3, -0.25) is 4.68 Å². The summed E-state index contributed by atoms with van der Waals surface area (Å²) in [5.41, 5.74) is 7.25. The van der Waals surface area contributed by atoms with Crippen molar-refractivity contribution in [1.82, 2.24) is 9.78 Å². The Morgan fingerprint density at radius 3 is 2.44 bits per heavy atom. The zero-order valence-electron chi connectivity index (χ0n) is 12.1. The van der Waals surface area contributed by atoms with Gasteiger partial charge in [-0.15, -0.1) is 0 Å². The van der Waals surface area contributed by atoms with Crippen molar-refractivity contribution in [2.75, 3.05) is 0 Å². The van der Waals surface area contributed by atoms with Crippen LogP contribution in [0, 0.1) is 0 Å². The minimum atomic E-state index is 0.274. The highest BCUT2D eigenvalue weighted by molar-refractivity contribution is 5.00. The first-order valence-corrected chi connectivity index (χ1v) is 7.46. The molecule has 0 saturated heterocycles. The van der Waals surface area contributed by atoms with E-state index < -0.39 is 0 Å². The predicted octanol–water partition coefficient (Wildman–Crippen LogP) is 3.43. The Hall–Kier alpha value is -0.830. The van der Waals surface area contributed by atoms with Crippen LogP contribution in [0.2, 0.25) is 0 Å². The van der Waals surface area contributed by atoms with Crippen LogP contribution in [0.3, 0.4) is 0 Å². The van der Waals surface area contributed by atoms with Crippen LogP contribution in [0.4, 0.5) is 0 Å². The smallest absolute Gasteiger partial charge is 0.0639 e. The minimum Gasteiger partial charge on any atom is -0.327 e. The first kappa shape index (κ1) is 15.2. The van der Waals surface area contributed by atoms with E-state index in [4.69, 9.17) is 5.73 Å². The summed E-state index contributed by atoms with van der Waals surface area (Å²) < 4.78 is 1.84. The number of nitrogens with two attached hydrogens (primary N) is 1. The van der Waals surface area contributed by atoms with Crippen LogP contribution in [0.15, 0.2) is 12.3 Å². The Labute approximate surface area is 112 Å². The summed E-state index contributed by atoms with van der Waals surface area (Å²) >= 11 is 0. The second kappa shape index (κ2) is 9.15. The maximum absolute atomic E-state index is 6.13. The molecule has 0 amide bonds. The first-order chi connectivity index (χ1) is 8.72. The van der Waals surface area contributed by atoms with Crippen LogP contribution in [0.25, 0.3) is 0 Å². The molecule has 0 aliphatic carbocycles. The van der Waals surface area contributed by atoms with Crippen LogP contribution >= 0.6 is 0 Å². The Morgan fingerprint density at radius 2 is 1.83 bits per heavy atom. The quantitative estimate of drug-likeness (QED) is 0.647. The predicted molar refractivity (Wildman–Crippen MR) is 77.5 cm³/mol. The first-order valence-electron chi connectivity index (χ1n) is 7.46. The Kier molecular flexibility index (Phi) is 7.74. The molecule has 1 heterocycles. The number of aromatic nitrogens is 2. The molecule has 0 spiro atoms. The maximum Gasteiger partial charge on any atom is 0.0639 e. The minimum absolute atomic E-state index is 0.274. The lowest BCUT2D eigenvalue weighted by Crippen LogP contribution is -2.22. The van der Waals surface area contributed by atoms with Crippen molar-refractivity contribution in [3.05, 3.63) is 18.0 Å². The van der Waals surface area contributed by atoms with Gasteiger partial charge in [-0.05, 0) is 12.5 Å². The highest BCUT2D eigenvalue weighted by atomic mass is 15.2. The van der Waals surface area contributed by atoms with Crippen molar-refractivity contribution in [2.45, 2.75) is 70.8 Å². The van der Waals surface area contributed by atoms with Gasteiger partial charge in [-0.2, -0.15) is 5.10 Å². The molecule has 0 fully saturated rings. The van der Waals surface area contributed by atoms with Crippen LogP contribution < -0.4 is 5.73 Å². The van der Waals surface area contributed by atoms with Crippen molar-refractivity contribution >= 4 is 0 Å². The van der Waals surface area contributed by atoms with E-state index in [9.17, 15) is 0 Å². The van der Waals surface area contributed by atoms with E-state index in [0.717, 1.165) is 18.5 Å². The van der Waals surface area contributed by atoms with Gasteiger partial charge < -0.3 is 5.73 Å². The van der Waals surface area contributed by atoms with Gasteiger partial charge in [0.2, 0.25) is 0 Å². The summed E-state index contributed by atoms with van der Waals surface area (Å²) in [6.07, 6.45) is 13.5. The third kappa shape index (κ3) is 6.80. The molecule has 1 atom stereocenters. The van der Waals surface area contributed by atoms with E-state index in [1.54, 1.807) is 0 Å². The zero-order chi connectivity index (χ0) is 13.2. The Morgan fingerprint density at radius 1 is 1.17 bits per heavy atom. The maximum atomic E-state index is 6.13. The molecule has 0 saturated carbocycles. The second-order valence-corrected chi connectivity index (χ2v) is 5.35. The monoisotopic (exact) mass is 251 g/mol. The molecule has 1 aromatic heterocycles. The molecule has 0 aliphatic heterocycles. The van der Waals surface area contributed by atoms with Gasteiger partial charge in [0.05, 0.1) is 5.69 Å². The lowest BCUT2D eigenvalue weighted by atomic mass is 10.0. The Balaban J connectivity index is 1.98. The van der Waals surface area contributed by atoms with Gasteiger partial charge in [-0.1, -0.05) is 51.9 Å². The van der Waals surface area contributed by atoms with Gasteiger partial charge >= 0.3 is 0 Å². The molecule has 3 heteroatoms. The van der Waals surface area contributed by atoms with Crippen molar-refractivity contribution in [2.24, 2.45) is 12.8 Å². The van der Waals surface area contributed by atoms with Gasteiger partial charge in [0.1, 0.15) is 0 Å². The molecule has 1 aromatic rings. The van der Waals surface area contributed by atoms with Gasteiger partial charge in [0.25, 0.3) is 0 Å². The van der Waals surface area contributed by atoms with Crippen LogP contribution in [0.1, 0.15) is 64.0 Å².